The summed E-state index contributed by atoms with van der Waals surface area (Å²) in [5.41, 5.74) is 0. The fourth-order valence-corrected chi connectivity index (χ4v) is 1.54. The molecule has 5 nitrogen and oxygen atoms in total. The van der Waals surface area contributed by atoms with Gasteiger partial charge in [-0.1, -0.05) is 11.6 Å². The average Bonchev–Trinajstić information content (AvgIpc) is 2.69. The van der Waals surface area contributed by atoms with Crippen LogP contribution in [0.5, 0.6) is 0 Å². The highest BCUT2D eigenvalue weighted by molar-refractivity contribution is 6.30. The molecule has 0 spiro atoms. The zero-order valence-electron chi connectivity index (χ0n) is 10.5. The highest BCUT2D eigenvalue weighted by Crippen LogP contribution is 2.10. The van der Waals surface area contributed by atoms with Crippen LogP contribution >= 0.6 is 11.6 Å². The Hall–Kier alpha value is -1.07. The zero-order chi connectivity index (χ0) is 12.8. The lowest BCUT2D eigenvalue weighted by molar-refractivity contribution is -0.124. The number of hydrogen-bond acceptors (Lipinski definition) is 3. The molecule has 1 amide bonds. The molecule has 0 aromatic carbocycles. The number of halogens is 1. The summed E-state index contributed by atoms with van der Waals surface area (Å²) in [6.07, 6.45) is 4.11. The van der Waals surface area contributed by atoms with Crippen LogP contribution in [0.1, 0.15) is 19.4 Å². The van der Waals surface area contributed by atoms with E-state index >= 15 is 0 Å². The van der Waals surface area contributed by atoms with E-state index in [1.807, 2.05) is 14.1 Å². The van der Waals surface area contributed by atoms with E-state index in [0.29, 0.717) is 11.6 Å². The summed E-state index contributed by atoms with van der Waals surface area (Å²) < 4.78 is 1.56. The van der Waals surface area contributed by atoms with Gasteiger partial charge in [0.05, 0.1) is 11.2 Å². The van der Waals surface area contributed by atoms with Gasteiger partial charge in [0.15, 0.2) is 0 Å². The van der Waals surface area contributed by atoms with Gasteiger partial charge < -0.3 is 10.2 Å². The predicted octanol–water partition coefficient (Wildman–Crippen LogP) is 1.17. The minimum absolute atomic E-state index is 0.0384. The van der Waals surface area contributed by atoms with Crippen molar-refractivity contribution in [2.45, 2.75) is 19.4 Å². The minimum atomic E-state index is -0.332. The lowest BCUT2D eigenvalue weighted by Crippen LogP contribution is -2.33. The van der Waals surface area contributed by atoms with Crippen LogP contribution in [-0.2, 0) is 4.79 Å². The Morgan fingerprint density at radius 2 is 2.35 bits per heavy atom. The molecule has 0 saturated carbocycles. The molecule has 0 aliphatic heterocycles. The van der Waals surface area contributed by atoms with Crippen LogP contribution in [0.25, 0.3) is 0 Å². The van der Waals surface area contributed by atoms with Gasteiger partial charge in [0.2, 0.25) is 5.91 Å². The monoisotopic (exact) mass is 258 g/mol. The zero-order valence-corrected chi connectivity index (χ0v) is 11.2. The number of aromatic nitrogens is 2. The van der Waals surface area contributed by atoms with Crippen molar-refractivity contribution in [1.82, 2.24) is 20.0 Å². The maximum Gasteiger partial charge on any atom is 0.244 e. The van der Waals surface area contributed by atoms with Crippen molar-refractivity contribution in [2.24, 2.45) is 0 Å². The molecule has 0 fully saturated rings. The maximum absolute atomic E-state index is 11.8. The van der Waals surface area contributed by atoms with Crippen molar-refractivity contribution in [2.75, 3.05) is 27.2 Å². The fourth-order valence-electron chi connectivity index (χ4n) is 1.40. The van der Waals surface area contributed by atoms with Crippen molar-refractivity contribution in [3.8, 4) is 0 Å². The van der Waals surface area contributed by atoms with Crippen molar-refractivity contribution >= 4 is 17.5 Å². The van der Waals surface area contributed by atoms with Gasteiger partial charge in [-0.15, -0.1) is 0 Å². The van der Waals surface area contributed by atoms with Crippen LogP contribution < -0.4 is 5.32 Å². The minimum Gasteiger partial charge on any atom is -0.354 e. The molecule has 1 atom stereocenters. The molecule has 1 heterocycles. The second kappa shape index (κ2) is 6.61. The predicted molar refractivity (Wildman–Crippen MR) is 68.1 cm³/mol. The van der Waals surface area contributed by atoms with Gasteiger partial charge in [0.25, 0.3) is 0 Å². The van der Waals surface area contributed by atoms with Crippen molar-refractivity contribution < 1.29 is 4.79 Å². The van der Waals surface area contributed by atoms with E-state index < -0.39 is 0 Å². The largest absolute Gasteiger partial charge is 0.354 e. The number of carbonyl (C=O) groups excluding carboxylic acids is 1. The Morgan fingerprint density at radius 3 is 2.88 bits per heavy atom. The highest BCUT2D eigenvalue weighted by Gasteiger charge is 2.14. The van der Waals surface area contributed by atoms with Crippen molar-refractivity contribution in [1.29, 1.82) is 0 Å². The molecule has 1 aromatic rings. The number of carbonyl (C=O) groups is 1. The summed E-state index contributed by atoms with van der Waals surface area (Å²) in [5, 5.41) is 7.42. The lowest BCUT2D eigenvalue weighted by Gasteiger charge is -2.13. The Balaban J connectivity index is 2.32. The van der Waals surface area contributed by atoms with Gasteiger partial charge in [-0.05, 0) is 34.0 Å². The third-order valence-electron chi connectivity index (χ3n) is 2.43. The second-order valence-corrected chi connectivity index (χ2v) is 4.70. The van der Waals surface area contributed by atoms with Crippen LogP contribution in [0, 0.1) is 0 Å². The summed E-state index contributed by atoms with van der Waals surface area (Å²) in [7, 11) is 4.02. The molecule has 0 radical (unpaired) electrons. The molecule has 17 heavy (non-hydrogen) atoms. The van der Waals surface area contributed by atoms with E-state index in [1.54, 1.807) is 17.8 Å². The van der Waals surface area contributed by atoms with Gasteiger partial charge in [0, 0.05) is 12.7 Å². The van der Waals surface area contributed by atoms with E-state index in [4.69, 9.17) is 11.6 Å². The Kier molecular flexibility index (Phi) is 5.44. The number of rotatable bonds is 6. The molecular weight excluding hydrogens is 240 g/mol. The smallest absolute Gasteiger partial charge is 0.244 e. The average molecular weight is 259 g/mol. The fraction of sp³-hybridized carbons (Fsp3) is 0.636. The van der Waals surface area contributed by atoms with E-state index in [1.165, 1.54) is 6.20 Å². The summed E-state index contributed by atoms with van der Waals surface area (Å²) in [5.74, 6) is -0.0384. The van der Waals surface area contributed by atoms with Crippen LogP contribution in [0.15, 0.2) is 12.4 Å². The Labute approximate surface area is 107 Å². The molecule has 1 aromatic heterocycles. The second-order valence-electron chi connectivity index (χ2n) is 4.26. The van der Waals surface area contributed by atoms with Crippen LogP contribution in [0.4, 0.5) is 0 Å². The number of hydrogen-bond donors (Lipinski definition) is 1. The first-order valence-corrected chi connectivity index (χ1v) is 6.00. The van der Waals surface area contributed by atoms with Crippen LogP contribution in [0.3, 0.4) is 0 Å². The summed E-state index contributed by atoms with van der Waals surface area (Å²) >= 11 is 5.75. The molecule has 0 aliphatic rings. The summed E-state index contributed by atoms with van der Waals surface area (Å²) in [4.78, 5) is 13.9. The lowest BCUT2D eigenvalue weighted by atomic mass is 10.3. The molecule has 0 saturated heterocycles. The third kappa shape index (κ3) is 4.75. The molecule has 1 N–H and O–H groups in total. The first-order valence-electron chi connectivity index (χ1n) is 5.63. The van der Waals surface area contributed by atoms with Crippen molar-refractivity contribution in [3.05, 3.63) is 17.4 Å². The molecule has 1 unspecified atom stereocenters. The van der Waals surface area contributed by atoms with Crippen molar-refractivity contribution in [3.63, 3.8) is 0 Å². The molecule has 6 heteroatoms. The SMILES string of the molecule is CC(C(=O)NCCCN(C)C)n1cc(Cl)cn1. The van der Waals surface area contributed by atoms with Crippen LogP contribution in [0.2, 0.25) is 5.02 Å². The van der Waals surface area contributed by atoms with E-state index in [0.717, 1.165) is 13.0 Å². The van der Waals surface area contributed by atoms with Gasteiger partial charge in [-0.25, -0.2) is 0 Å². The molecule has 1 rings (SSSR count). The normalized spacial score (nSPS) is 12.8. The van der Waals surface area contributed by atoms with Crippen LogP contribution in [-0.4, -0.2) is 47.8 Å². The Morgan fingerprint density at radius 1 is 1.65 bits per heavy atom. The quantitative estimate of drug-likeness (QED) is 0.780. The molecule has 0 aliphatic carbocycles. The van der Waals surface area contributed by atoms with Gasteiger partial charge in [-0.2, -0.15) is 5.10 Å². The van der Waals surface area contributed by atoms with Gasteiger partial charge >= 0.3 is 0 Å². The molecule has 96 valence electrons. The van der Waals surface area contributed by atoms with E-state index in [2.05, 4.69) is 15.3 Å². The highest BCUT2D eigenvalue weighted by atomic mass is 35.5. The Bertz CT molecular complexity index is 364. The van der Waals surface area contributed by atoms with E-state index in [9.17, 15) is 4.79 Å². The topological polar surface area (TPSA) is 50.2 Å². The number of nitrogens with one attached hydrogen (secondary N) is 1. The first-order chi connectivity index (χ1) is 8.00. The van der Waals surface area contributed by atoms with Gasteiger partial charge in [0.1, 0.15) is 6.04 Å². The van der Waals surface area contributed by atoms with E-state index in [-0.39, 0.29) is 11.9 Å². The molecular formula is C11H19ClN4O. The van der Waals surface area contributed by atoms with Gasteiger partial charge in [-0.3, -0.25) is 9.48 Å². The summed E-state index contributed by atoms with van der Waals surface area (Å²) in [6, 6.07) is -0.332. The molecule has 0 bridgehead atoms. The standard InChI is InChI=1S/C11H19ClN4O/c1-9(16-8-10(12)7-14-16)11(17)13-5-4-6-15(2)3/h7-9H,4-6H2,1-3H3,(H,13,17). The number of nitrogens with zero attached hydrogens (tertiary/aromatic N) is 3. The maximum atomic E-state index is 11.8. The summed E-state index contributed by atoms with van der Waals surface area (Å²) in [6.45, 7) is 3.43. The third-order valence-corrected chi connectivity index (χ3v) is 2.62. The number of amides is 1. The first kappa shape index (κ1) is 14.0.